The summed E-state index contributed by atoms with van der Waals surface area (Å²) in [5, 5.41) is 2.90. The van der Waals surface area contributed by atoms with Gasteiger partial charge in [-0.05, 0) is 49.8 Å². The predicted octanol–water partition coefficient (Wildman–Crippen LogP) is 3.34. The Hall–Kier alpha value is -2.34. The average Bonchev–Trinajstić information content (AvgIpc) is 2.63. The third kappa shape index (κ3) is 9.24. The van der Waals surface area contributed by atoms with Crippen LogP contribution in [0.25, 0.3) is 0 Å². The molecule has 6 heteroatoms. The van der Waals surface area contributed by atoms with Crippen molar-refractivity contribution in [1.29, 1.82) is 0 Å². The van der Waals surface area contributed by atoms with E-state index in [1.54, 1.807) is 25.1 Å². The summed E-state index contributed by atoms with van der Waals surface area (Å²) in [6.45, 7) is 6.24. The van der Waals surface area contributed by atoms with Crippen LogP contribution in [0.5, 0.6) is 11.5 Å². The van der Waals surface area contributed by atoms with Gasteiger partial charge in [0.2, 0.25) is 5.91 Å². The van der Waals surface area contributed by atoms with Crippen molar-refractivity contribution in [2.45, 2.75) is 59.0 Å². The highest BCUT2D eigenvalue weighted by atomic mass is 16.6. The maximum absolute atomic E-state index is 12.0. The van der Waals surface area contributed by atoms with Gasteiger partial charge in [-0.3, -0.25) is 4.79 Å². The Balaban J connectivity index is 2.43. The molecule has 0 saturated carbocycles. The first-order valence-corrected chi connectivity index (χ1v) is 9.41. The van der Waals surface area contributed by atoms with Crippen LogP contribution in [0.3, 0.4) is 0 Å². The molecule has 3 N–H and O–H groups in total. The fourth-order valence-corrected chi connectivity index (χ4v) is 2.31. The molecule has 0 bridgehead atoms. The van der Waals surface area contributed by atoms with Gasteiger partial charge in [-0.15, -0.1) is 0 Å². The summed E-state index contributed by atoms with van der Waals surface area (Å²) in [4.78, 5) is 23.6. The van der Waals surface area contributed by atoms with E-state index in [1.807, 2.05) is 0 Å². The van der Waals surface area contributed by atoms with E-state index in [0.29, 0.717) is 30.4 Å². The van der Waals surface area contributed by atoms with Gasteiger partial charge in [0.05, 0.1) is 7.11 Å². The number of hydrogen-bond acceptors (Lipinski definition) is 5. The minimum absolute atomic E-state index is 0.0225. The van der Waals surface area contributed by atoms with Crippen molar-refractivity contribution in [3.05, 3.63) is 35.9 Å². The highest BCUT2D eigenvalue weighted by Gasteiger charge is 2.14. The second-order valence-electron chi connectivity index (χ2n) is 6.89. The molecule has 1 aromatic rings. The number of benzene rings is 1. The van der Waals surface area contributed by atoms with Crippen LogP contribution in [-0.2, 0) is 16.1 Å². The van der Waals surface area contributed by atoms with Crippen molar-refractivity contribution in [3.63, 3.8) is 0 Å². The molecule has 0 saturated heterocycles. The Morgan fingerprint density at radius 1 is 1.19 bits per heavy atom. The normalized spacial score (nSPS) is 12.2. The zero-order chi connectivity index (χ0) is 20.2. The number of rotatable bonds is 11. The number of nitrogens with two attached hydrogens (primary N) is 1. The number of amides is 1. The Morgan fingerprint density at radius 2 is 1.93 bits per heavy atom. The second kappa shape index (κ2) is 12.1. The lowest BCUT2D eigenvalue weighted by atomic mass is 10.1. The lowest BCUT2D eigenvalue weighted by molar-refractivity contribution is -0.135. The third-order valence-electron chi connectivity index (χ3n) is 3.85. The molecule has 6 nitrogen and oxygen atoms in total. The first-order valence-electron chi connectivity index (χ1n) is 9.41. The van der Waals surface area contributed by atoms with Crippen LogP contribution in [0.1, 0.15) is 52.0 Å². The van der Waals surface area contributed by atoms with Crippen LogP contribution in [0.15, 0.2) is 30.4 Å². The molecule has 0 aliphatic heterocycles. The van der Waals surface area contributed by atoms with E-state index in [9.17, 15) is 9.59 Å². The van der Waals surface area contributed by atoms with Crippen LogP contribution in [0.4, 0.5) is 0 Å². The molecule has 0 radical (unpaired) electrons. The maximum atomic E-state index is 12.0. The minimum Gasteiger partial charge on any atom is -0.493 e. The summed E-state index contributed by atoms with van der Waals surface area (Å²) in [6, 6.07) is 4.45. The van der Waals surface area contributed by atoms with Crippen molar-refractivity contribution in [2.24, 2.45) is 11.7 Å². The number of hydrogen-bond donors (Lipinski definition) is 2. The van der Waals surface area contributed by atoms with Gasteiger partial charge in [-0.2, -0.15) is 0 Å². The van der Waals surface area contributed by atoms with Crippen LogP contribution < -0.4 is 20.5 Å². The minimum atomic E-state index is -0.713. The maximum Gasteiger partial charge on any atom is 0.328 e. The SMILES string of the molecule is COc1cc(CNC(=O)CCCC/C=C/C(C)C)ccc1OC(=O)[C@H](C)N. The lowest BCUT2D eigenvalue weighted by Crippen LogP contribution is -2.31. The Bertz CT molecular complexity index is 639. The summed E-state index contributed by atoms with van der Waals surface area (Å²) in [7, 11) is 1.49. The summed E-state index contributed by atoms with van der Waals surface area (Å²) in [5.41, 5.74) is 6.36. The zero-order valence-electron chi connectivity index (χ0n) is 16.8. The number of esters is 1. The number of unbranched alkanes of at least 4 members (excludes halogenated alkanes) is 2. The Labute approximate surface area is 162 Å². The van der Waals surface area contributed by atoms with Crippen LogP contribution in [0, 0.1) is 5.92 Å². The number of carbonyl (C=O) groups excluding carboxylic acids is 2. The number of ether oxygens (including phenoxy) is 2. The van der Waals surface area contributed by atoms with Gasteiger partial charge in [0.1, 0.15) is 6.04 Å². The molecule has 27 heavy (non-hydrogen) atoms. The monoisotopic (exact) mass is 376 g/mol. The molecule has 150 valence electrons. The molecular formula is C21H32N2O4. The van der Waals surface area contributed by atoms with E-state index >= 15 is 0 Å². The van der Waals surface area contributed by atoms with E-state index in [-0.39, 0.29) is 5.91 Å². The van der Waals surface area contributed by atoms with Crippen molar-refractivity contribution in [1.82, 2.24) is 5.32 Å². The fourth-order valence-electron chi connectivity index (χ4n) is 2.31. The van der Waals surface area contributed by atoms with Gasteiger partial charge in [0, 0.05) is 13.0 Å². The van der Waals surface area contributed by atoms with E-state index in [0.717, 1.165) is 24.8 Å². The quantitative estimate of drug-likeness (QED) is 0.267. The van der Waals surface area contributed by atoms with Gasteiger partial charge in [-0.25, -0.2) is 4.79 Å². The summed E-state index contributed by atoms with van der Waals surface area (Å²) in [5.74, 6) is 0.794. The highest BCUT2D eigenvalue weighted by Crippen LogP contribution is 2.28. The Morgan fingerprint density at radius 3 is 2.56 bits per heavy atom. The zero-order valence-corrected chi connectivity index (χ0v) is 16.8. The molecule has 0 spiro atoms. The van der Waals surface area contributed by atoms with E-state index in [4.69, 9.17) is 15.2 Å². The van der Waals surface area contributed by atoms with Crippen molar-refractivity contribution in [3.8, 4) is 11.5 Å². The topological polar surface area (TPSA) is 90.6 Å². The molecule has 0 unspecified atom stereocenters. The van der Waals surface area contributed by atoms with Gasteiger partial charge >= 0.3 is 5.97 Å². The van der Waals surface area contributed by atoms with Crippen molar-refractivity contribution >= 4 is 11.9 Å². The third-order valence-corrected chi connectivity index (χ3v) is 3.85. The summed E-state index contributed by atoms with van der Waals surface area (Å²) < 4.78 is 10.5. The second-order valence-corrected chi connectivity index (χ2v) is 6.89. The molecule has 1 atom stereocenters. The molecule has 1 rings (SSSR count). The molecule has 0 aromatic heterocycles. The van der Waals surface area contributed by atoms with E-state index in [1.165, 1.54) is 7.11 Å². The van der Waals surface area contributed by atoms with E-state index in [2.05, 4.69) is 31.3 Å². The molecule has 0 heterocycles. The molecule has 0 fully saturated rings. The van der Waals surface area contributed by atoms with Crippen LogP contribution in [-0.4, -0.2) is 25.0 Å². The first kappa shape index (κ1) is 22.7. The standard InChI is InChI=1S/C21H32N2O4/c1-15(2)9-7-5-6-8-10-20(24)23-14-17-11-12-18(19(13-17)26-4)27-21(25)16(3)22/h7,9,11-13,15-16H,5-6,8,10,14,22H2,1-4H3,(H,23,24)/b9-7+/t16-/m0/s1. The van der Waals surface area contributed by atoms with Crippen molar-refractivity contribution < 1.29 is 19.1 Å². The van der Waals surface area contributed by atoms with Crippen LogP contribution in [0.2, 0.25) is 0 Å². The number of nitrogens with one attached hydrogen (secondary N) is 1. The molecular weight excluding hydrogens is 344 g/mol. The summed E-state index contributed by atoms with van der Waals surface area (Å²) >= 11 is 0. The van der Waals surface area contributed by atoms with Gasteiger partial charge in [-0.1, -0.05) is 32.1 Å². The highest BCUT2D eigenvalue weighted by molar-refractivity contribution is 5.78. The van der Waals surface area contributed by atoms with Crippen molar-refractivity contribution in [2.75, 3.05) is 7.11 Å². The fraction of sp³-hybridized carbons (Fsp3) is 0.524. The van der Waals surface area contributed by atoms with E-state index < -0.39 is 12.0 Å². The van der Waals surface area contributed by atoms with Crippen LogP contribution >= 0.6 is 0 Å². The number of methoxy groups -OCH3 is 1. The number of carbonyl (C=O) groups is 2. The first-order chi connectivity index (χ1) is 12.8. The molecule has 1 amide bonds. The van der Waals surface area contributed by atoms with Gasteiger partial charge < -0.3 is 20.5 Å². The predicted molar refractivity (Wildman–Crippen MR) is 107 cm³/mol. The van der Waals surface area contributed by atoms with Gasteiger partial charge in [0.25, 0.3) is 0 Å². The van der Waals surface area contributed by atoms with Gasteiger partial charge in [0.15, 0.2) is 11.5 Å². The summed E-state index contributed by atoms with van der Waals surface area (Å²) in [6.07, 6.45) is 7.74. The molecule has 0 aliphatic carbocycles. The smallest absolute Gasteiger partial charge is 0.328 e. The Kier molecular flexibility index (Phi) is 10.2. The largest absolute Gasteiger partial charge is 0.493 e. The molecule has 0 aliphatic rings. The molecule has 1 aromatic carbocycles. The number of allylic oxidation sites excluding steroid dienone is 2. The lowest BCUT2D eigenvalue weighted by Gasteiger charge is -2.12. The average molecular weight is 376 g/mol.